The van der Waals surface area contributed by atoms with Crippen LogP contribution in [0.25, 0.3) is 0 Å². The van der Waals surface area contributed by atoms with E-state index in [1.54, 1.807) is 0 Å². The minimum atomic E-state index is 0.234. The summed E-state index contributed by atoms with van der Waals surface area (Å²) in [5.74, 6) is 0.234. The third kappa shape index (κ3) is 23.2. The quantitative estimate of drug-likeness (QED) is 0.158. The topological polar surface area (TPSA) is 29.1 Å². The molecule has 0 spiro atoms. The van der Waals surface area contributed by atoms with Gasteiger partial charge in [-0.25, -0.2) is 0 Å². The average molecular weight is 380 g/mol. The molecule has 0 aromatic rings. The summed E-state index contributed by atoms with van der Waals surface area (Å²) in [6.45, 7) is 5.20. The molecule has 0 aliphatic carbocycles. The Hall–Kier alpha value is -0.790. The fourth-order valence-corrected chi connectivity index (χ4v) is 3.42. The van der Waals surface area contributed by atoms with Gasteiger partial charge in [0.05, 0.1) is 0 Å². The summed E-state index contributed by atoms with van der Waals surface area (Å²) in [5, 5.41) is 2.95. The molecule has 0 unspecified atom stereocenters. The number of hydrogen-bond donors (Lipinski definition) is 1. The van der Waals surface area contributed by atoms with Crippen molar-refractivity contribution in [2.75, 3.05) is 6.54 Å². The van der Waals surface area contributed by atoms with Gasteiger partial charge in [0.25, 0.3) is 0 Å². The Morgan fingerprint density at radius 3 is 1.52 bits per heavy atom. The Bertz CT molecular complexity index is 324. The van der Waals surface area contributed by atoms with Crippen molar-refractivity contribution in [1.82, 2.24) is 5.32 Å². The summed E-state index contributed by atoms with van der Waals surface area (Å²) in [6, 6.07) is 0. The van der Waals surface area contributed by atoms with Gasteiger partial charge in [-0.1, -0.05) is 103 Å². The minimum Gasteiger partial charge on any atom is -0.356 e. The largest absolute Gasteiger partial charge is 0.356 e. The van der Waals surface area contributed by atoms with Crippen LogP contribution in [0, 0.1) is 0 Å². The second-order valence-electron chi connectivity index (χ2n) is 8.10. The number of allylic oxidation sites excluding steroid dienone is 2. The maximum atomic E-state index is 11.5. The van der Waals surface area contributed by atoms with Gasteiger partial charge < -0.3 is 5.32 Å². The summed E-state index contributed by atoms with van der Waals surface area (Å²) in [4.78, 5) is 11.5. The fraction of sp³-hybridized carbons (Fsp3) is 0.880. The first-order valence-electron chi connectivity index (χ1n) is 12.2. The smallest absolute Gasteiger partial charge is 0.219 e. The van der Waals surface area contributed by atoms with E-state index in [-0.39, 0.29) is 5.91 Å². The number of hydrogen-bond acceptors (Lipinski definition) is 1. The van der Waals surface area contributed by atoms with Crippen LogP contribution >= 0.6 is 0 Å². The fourth-order valence-electron chi connectivity index (χ4n) is 3.42. The predicted molar refractivity (Wildman–Crippen MR) is 121 cm³/mol. The lowest BCUT2D eigenvalue weighted by atomic mass is 10.1. The van der Waals surface area contributed by atoms with E-state index >= 15 is 0 Å². The molecule has 1 amide bonds. The maximum absolute atomic E-state index is 11.5. The second-order valence-corrected chi connectivity index (χ2v) is 8.10. The van der Waals surface area contributed by atoms with Gasteiger partial charge in [-0.05, 0) is 38.5 Å². The maximum Gasteiger partial charge on any atom is 0.219 e. The van der Waals surface area contributed by atoms with Crippen molar-refractivity contribution in [2.24, 2.45) is 0 Å². The monoisotopic (exact) mass is 379 g/mol. The van der Waals surface area contributed by atoms with Crippen molar-refractivity contribution in [3.05, 3.63) is 12.2 Å². The Morgan fingerprint density at radius 2 is 1.04 bits per heavy atom. The summed E-state index contributed by atoms with van der Waals surface area (Å²) in [7, 11) is 0. The molecule has 2 heteroatoms. The first-order valence-corrected chi connectivity index (χ1v) is 12.2. The Labute approximate surface area is 171 Å². The van der Waals surface area contributed by atoms with E-state index in [0.29, 0.717) is 6.42 Å². The zero-order valence-corrected chi connectivity index (χ0v) is 18.7. The Morgan fingerprint density at radius 1 is 0.593 bits per heavy atom. The van der Waals surface area contributed by atoms with Gasteiger partial charge in [0.15, 0.2) is 0 Å². The SMILES string of the molecule is CCCCCCCCC=CCCCCCCCCCCCC(=O)NCCC. The van der Waals surface area contributed by atoms with Gasteiger partial charge in [-0.2, -0.15) is 0 Å². The Balaban J connectivity index is 3.12. The van der Waals surface area contributed by atoms with E-state index in [2.05, 4.69) is 31.3 Å². The minimum absolute atomic E-state index is 0.234. The molecule has 0 rings (SSSR count). The van der Waals surface area contributed by atoms with Crippen LogP contribution in [0.5, 0.6) is 0 Å². The lowest BCUT2D eigenvalue weighted by Gasteiger charge is -2.04. The number of unbranched alkanes of at least 4 members (excludes halogenated alkanes) is 15. The van der Waals surface area contributed by atoms with Crippen LogP contribution in [-0.4, -0.2) is 12.5 Å². The number of amides is 1. The van der Waals surface area contributed by atoms with Crippen LogP contribution in [0.4, 0.5) is 0 Å². The molecule has 0 aromatic heterocycles. The van der Waals surface area contributed by atoms with Crippen molar-refractivity contribution >= 4 is 5.91 Å². The summed E-state index contributed by atoms with van der Waals surface area (Å²) >= 11 is 0. The third-order valence-electron chi connectivity index (χ3n) is 5.24. The van der Waals surface area contributed by atoms with Crippen molar-refractivity contribution in [3.8, 4) is 0 Å². The number of nitrogens with one attached hydrogen (secondary N) is 1. The molecular weight excluding hydrogens is 330 g/mol. The van der Waals surface area contributed by atoms with Crippen LogP contribution < -0.4 is 5.32 Å². The molecule has 0 saturated carbocycles. The molecule has 0 atom stereocenters. The average Bonchev–Trinajstić information content (AvgIpc) is 2.68. The Kier molecular flexibility index (Phi) is 22.6. The van der Waals surface area contributed by atoms with E-state index < -0.39 is 0 Å². The zero-order valence-electron chi connectivity index (χ0n) is 18.7. The molecule has 0 fully saturated rings. The molecule has 0 aliphatic heterocycles. The van der Waals surface area contributed by atoms with Gasteiger partial charge >= 0.3 is 0 Å². The predicted octanol–water partition coefficient (Wildman–Crippen LogP) is 8.11. The van der Waals surface area contributed by atoms with E-state index in [1.807, 2.05) is 0 Å². The normalized spacial score (nSPS) is 11.3. The van der Waals surface area contributed by atoms with E-state index in [4.69, 9.17) is 0 Å². The lowest BCUT2D eigenvalue weighted by molar-refractivity contribution is -0.121. The van der Waals surface area contributed by atoms with Crippen LogP contribution in [-0.2, 0) is 4.79 Å². The molecule has 0 aliphatic rings. The molecule has 160 valence electrons. The van der Waals surface area contributed by atoms with Crippen molar-refractivity contribution < 1.29 is 4.79 Å². The summed E-state index contributed by atoms with van der Waals surface area (Å²) < 4.78 is 0. The highest BCUT2D eigenvalue weighted by atomic mass is 16.1. The highest BCUT2D eigenvalue weighted by Gasteiger charge is 1.99. The van der Waals surface area contributed by atoms with Gasteiger partial charge in [0, 0.05) is 13.0 Å². The van der Waals surface area contributed by atoms with Gasteiger partial charge in [-0.15, -0.1) is 0 Å². The molecule has 2 nitrogen and oxygen atoms in total. The molecule has 27 heavy (non-hydrogen) atoms. The molecular formula is C25H49NO. The second kappa shape index (κ2) is 23.2. The molecule has 1 N–H and O–H groups in total. The van der Waals surface area contributed by atoms with E-state index in [1.165, 1.54) is 103 Å². The molecule has 0 aromatic carbocycles. The van der Waals surface area contributed by atoms with Gasteiger partial charge in [-0.3, -0.25) is 4.79 Å². The summed E-state index contributed by atoms with van der Waals surface area (Å²) in [5.41, 5.74) is 0. The van der Waals surface area contributed by atoms with Crippen LogP contribution in [0.2, 0.25) is 0 Å². The molecule has 0 saturated heterocycles. The lowest BCUT2D eigenvalue weighted by Crippen LogP contribution is -2.23. The number of carbonyl (C=O) groups excluding carboxylic acids is 1. The van der Waals surface area contributed by atoms with E-state index in [9.17, 15) is 4.79 Å². The zero-order chi connectivity index (χ0) is 19.8. The highest BCUT2D eigenvalue weighted by molar-refractivity contribution is 5.75. The van der Waals surface area contributed by atoms with Crippen LogP contribution in [0.3, 0.4) is 0 Å². The van der Waals surface area contributed by atoms with Gasteiger partial charge in [0.2, 0.25) is 5.91 Å². The number of rotatable bonds is 21. The number of carbonyl (C=O) groups is 1. The third-order valence-corrected chi connectivity index (χ3v) is 5.24. The molecule has 0 heterocycles. The van der Waals surface area contributed by atoms with Crippen molar-refractivity contribution in [3.63, 3.8) is 0 Å². The first-order chi connectivity index (χ1) is 13.3. The van der Waals surface area contributed by atoms with Gasteiger partial charge in [0.1, 0.15) is 0 Å². The van der Waals surface area contributed by atoms with Crippen LogP contribution in [0.1, 0.15) is 136 Å². The summed E-state index contributed by atoms with van der Waals surface area (Å²) in [6.07, 6.45) is 29.3. The van der Waals surface area contributed by atoms with Crippen molar-refractivity contribution in [1.29, 1.82) is 0 Å². The standard InChI is InChI=1S/C25H49NO/c1-3-5-6-7-8-9-10-11-12-13-14-15-16-17-18-19-20-21-22-23-25(27)26-24-4-2/h11-12H,3-10,13-24H2,1-2H3,(H,26,27). The molecule has 0 radical (unpaired) electrons. The highest BCUT2D eigenvalue weighted by Crippen LogP contribution is 2.12. The molecule has 0 bridgehead atoms. The van der Waals surface area contributed by atoms with Crippen molar-refractivity contribution in [2.45, 2.75) is 136 Å². The first kappa shape index (κ1) is 26.2. The van der Waals surface area contributed by atoms with Crippen LogP contribution in [0.15, 0.2) is 12.2 Å². The van der Waals surface area contributed by atoms with E-state index in [0.717, 1.165) is 19.4 Å².